The number of carbonyl (C=O) groups excluding carboxylic acids is 1. The number of H-pyrrole nitrogens is 1. The number of rotatable bonds is 5. The number of carbonyl (C=O) groups is 1. The first-order valence-electron chi connectivity index (χ1n) is 8.33. The lowest BCUT2D eigenvalue weighted by Gasteiger charge is -2.23. The van der Waals surface area contributed by atoms with E-state index in [2.05, 4.69) is 40.9 Å². The van der Waals surface area contributed by atoms with Crippen LogP contribution in [0.5, 0.6) is 0 Å². The summed E-state index contributed by atoms with van der Waals surface area (Å²) in [6, 6.07) is 9.16. The first-order valence-corrected chi connectivity index (χ1v) is 8.33. The summed E-state index contributed by atoms with van der Waals surface area (Å²) >= 11 is 0. The van der Waals surface area contributed by atoms with Crippen LogP contribution in [-0.2, 0) is 12.0 Å². The Morgan fingerprint density at radius 3 is 2.54 bits per heavy atom. The number of pyridine rings is 2. The van der Waals surface area contributed by atoms with Crippen LogP contribution >= 0.6 is 0 Å². The van der Waals surface area contributed by atoms with Crippen molar-refractivity contribution in [2.75, 3.05) is 4.90 Å². The van der Waals surface area contributed by atoms with Gasteiger partial charge in [-0.3, -0.25) is 14.9 Å². The fourth-order valence-corrected chi connectivity index (χ4v) is 2.57. The predicted octanol–water partition coefficient (Wildman–Crippen LogP) is 2.93. The molecule has 0 fully saturated rings. The van der Waals surface area contributed by atoms with E-state index in [9.17, 15) is 4.79 Å². The van der Waals surface area contributed by atoms with Gasteiger partial charge < -0.3 is 10.6 Å². The molecular formula is C19H22N6O. The second-order valence-electron chi connectivity index (χ2n) is 7.07. The summed E-state index contributed by atoms with van der Waals surface area (Å²) < 4.78 is 0. The number of aromatic nitrogens is 4. The Morgan fingerprint density at radius 2 is 1.92 bits per heavy atom. The lowest BCUT2D eigenvalue weighted by Crippen LogP contribution is -2.23. The average Bonchev–Trinajstić information content (AvgIpc) is 3.11. The molecule has 0 spiro atoms. The first-order chi connectivity index (χ1) is 12.4. The van der Waals surface area contributed by atoms with Crippen LogP contribution in [0.25, 0.3) is 0 Å². The van der Waals surface area contributed by atoms with Gasteiger partial charge in [-0.25, -0.2) is 4.98 Å². The number of nitrogens with one attached hydrogen (secondary N) is 1. The Hall–Kier alpha value is -3.22. The van der Waals surface area contributed by atoms with Crippen molar-refractivity contribution in [2.24, 2.45) is 5.73 Å². The summed E-state index contributed by atoms with van der Waals surface area (Å²) in [7, 11) is 0. The highest BCUT2D eigenvalue weighted by Gasteiger charge is 2.23. The third-order valence-electron chi connectivity index (χ3n) is 4.05. The number of nitrogens with two attached hydrogens (primary N) is 1. The highest BCUT2D eigenvalue weighted by atomic mass is 16.1. The Morgan fingerprint density at radius 1 is 1.19 bits per heavy atom. The molecule has 7 nitrogen and oxygen atoms in total. The highest BCUT2D eigenvalue weighted by Crippen LogP contribution is 2.30. The minimum atomic E-state index is -0.528. The van der Waals surface area contributed by atoms with Gasteiger partial charge in [0.15, 0.2) is 5.82 Å². The molecular weight excluding hydrogens is 328 g/mol. The SMILES string of the molecule is CC(C)(C)c1cc(N(Cc2ccncc2)c2ncccc2C(N)=O)n[nH]1. The van der Waals surface area contributed by atoms with E-state index in [0.29, 0.717) is 23.7 Å². The number of amides is 1. The third-order valence-corrected chi connectivity index (χ3v) is 4.05. The maximum atomic E-state index is 11.9. The molecule has 0 saturated carbocycles. The van der Waals surface area contributed by atoms with Crippen molar-refractivity contribution >= 4 is 17.5 Å². The second-order valence-corrected chi connectivity index (χ2v) is 7.07. The van der Waals surface area contributed by atoms with Crippen LogP contribution in [0.1, 0.15) is 42.4 Å². The van der Waals surface area contributed by atoms with Gasteiger partial charge in [0.25, 0.3) is 5.91 Å². The van der Waals surface area contributed by atoms with Crippen molar-refractivity contribution in [1.29, 1.82) is 0 Å². The molecule has 0 aliphatic carbocycles. The van der Waals surface area contributed by atoms with E-state index in [1.54, 1.807) is 30.7 Å². The van der Waals surface area contributed by atoms with Crippen molar-refractivity contribution in [3.8, 4) is 0 Å². The van der Waals surface area contributed by atoms with Crippen LogP contribution in [-0.4, -0.2) is 26.1 Å². The van der Waals surface area contributed by atoms with Crippen LogP contribution in [0.4, 0.5) is 11.6 Å². The van der Waals surface area contributed by atoms with E-state index in [4.69, 9.17) is 5.73 Å². The number of primary amides is 1. The molecule has 0 saturated heterocycles. The summed E-state index contributed by atoms with van der Waals surface area (Å²) in [5.41, 5.74) is 7.83. The van der Waals surface area contributed by atoms with E-state index >= 15 is 0 Å². The molecule has 0 atom stereocenters. The van der Waals surface area contributed by atoms with Crippen LogP contribution in [0.2, 0.25) is 0 Å². The third kappa shape index (κ3) is 3.72. The quantitative estimate of drug-likeness (QED) is 0.737. The molecule has 3 aromatic rings. The fraction of sp³-hybridized carbons (Fsp3) is 0.263. The van der Waals surface area contributed by atoms with Gasteiger partial charge in [0, 0.05) is 35.8 Å². The first kappa shape index (κ1) is 17.6. The standard InChI is InChI=1S/C19H22N6O/c1-19(2,3)15-11-16(24-23-15)25(12-13-6-9-21-10-7-13)18-14(17(20)26)5-4-8-22-18/h4-11H,12H2,1-3H3,(H2,20,26)(H,23,24). The summed E-state index contributed by atoms with van der Waals surface area (Å²) in [6.45, 7) is 6.79. The molecule has 3 aromatic heterocycles. The molecule has 1 amide bonds. The van der Waals surface area contributed by atoms with E-state index in [1.165, 1.54) is 0 Å². The van der Waals surface area contributed by atoms with E-state index in [-0.39, 0.29) is 5.41 Å². The zero-order valence-corrected chi connectivity index (χ0v) is 15.1. The molecule has 0 aliphatic heterocycles. The van der Waals surface area contributed by atoms with Crippen molar-refractivity contribution in [1.82, 2.24) is 20.2 Å². The molecule has 3 heterocycles. The Kier molecular flexibility index (Phi) is 4.71. The van der Waals surface area contributed by atoms with Gasteiger partial charge in [-0.1, -0.05) is 20.8 Å². The molecule has 3 N–H and O–H groups in total. The van der Waals surface area contributed by atoms with E-state index in [1.807, 2.05) is 23.1 Å². The lowest BCUT2D eigenvalue weighted by atomic mass is 9.92. The van der Waals surface area contributed by atoms with Crippen molar-refractivity contribution in [3.63, 3.8) is 0 Å². The zero-order chi connectivity index (χ0) is 18.7. The van der Waals surface area contributed by atoms with Crippen molar-refractivity contribution < 1.29 is 4.79 Å². The molecule has 7 heteroatoms. The summed E-state index contributed by atoms with van der Waals surface area (Å²) in [5, 5.41) is 7.53. The maximum absolute atomic E-state index is 11.9. The topological polar surface area (TPSA) is 101 Å². The number of hydrogen-bond donors (Lipinski definition) is 2. The van der Waals surface area contributed by atoms with Crippen molar-refractivity contribution in [3.05, 3.63) is 65.7 Å². The molecule has 0 radical (unpaired) electrons. The lowest BCUT2D eigenvalue weighted by molar-refractivity contribution is 0.100. The number of anilines is 2. The molecule has 0 unspecified atom stereocenters. The van der Waals surface area contributed by atoms with Crippen LogP contribution in [0.15, 0.2) is 48.9 Å². The van der Waals surface area contributed by atoms with Gasteiger partial charge in [-0.15, -0.1) is 0 Å². The Balaban J connectivity index is 2.08. The normalized spacial score (nSPS) is 11.3. The zero-order valence-electron chi connectivity index (χ0n) is 15.1. The van der Waals surface area contributed by atoms with Crippen LogP contribution in [0, 0.1) is 0 Å². The van der Waals surface area contributed by atoms with Gasteiger partial charge >= 0.3 is 0 Å². The van der Waals surface area contributed by atoms with Crippen LogP contribution in [0.3, 0.4) is 0 Å². The molecule has 0 bridgehead atoms. The summed E-state index contributed by atoms with van der Waals surface area (Å²) in [6.07, 6.45) is 5.09. The Labute approximate surface area is 152 Å². The van der Waals surface area contributed by atoms with Gasteiger partial charge in [-0.2, -0.15) is 5.10 Å². The minimum absolute atomic E-state index is 0.0791. The largest absolute Gasteiger partial charge is 0.365 e. The van der Waals surface area contributed by atoms with Crippen LogP contribution < -0.4 is 10.6 Å². The van der Waals surface area contributed by atoms with Crippen molar-refractivity contribution in [2.45, 2.75) is 32.7 Å². The smallest absolute Gasteiger partial charge is 0.252 e. The number of nitrogens with zero attached hydrogens (tertiary/aromatic N) is 4. The maximum Gasteiger partial charge on any atom is 0.252 e. The summed E-state index contributed by atoms with van der Waals surface area (Å²) in [5.74, 6) is 0.621. The van der Waals surface area contributed by atoms with Gasteiger partial charge in [0.05, 0.1) is 12.1 Å². The van der Waals surface area contributed by atoms with Gasteiger partial charge in [0.2, 0.25) is 0 Å². The summed E-state index contributed by atoms with van der Waals surface area (Å²) in [4.78, 5) is 22.2. The average molecular weight is 350 g/mol. The molecule has 0 aliphatic rings. The second kappa shape index (κ2) is 6.95. The Bertz CT molecular complexity index is 898. The predicted molar refractivity (Wildman–Crippen MR) is 100 cm³/mol. The molecule has 0 aromatic carbocycles. The number of hydrogen-bond acceptors (Lipinski definition) is 5. The fourth-order valence-electron chi connectivity index (χ4n) is 2.57. The monoisotopic (exact) mass is 350 g/mol. The molecule has 3 rings (SSSR count). The van der Waals surface area contributed by atoms with Gasteiger partial charge in [-0.05, 0) is 29.8 Å². The molecule has 134 valence electrons. The number of aromatic amines is 1. The van der Waals surface area contributed by atoms with E-state index in [0.717, 1.165) is 11.3 Å². The van der Waals surface area contributed by atoms with E-state index < -0.39 is 5.91 Å². The highest BCUT2D eigenvalue weighted by molar-refractivity contribution is 5.98. The molecule has 26 heavy (non-hydrogen) atoms. The van der Waals surface area contributed by atoms with Gasteiger partial charge in [0.1, 0.15) is 5.82 Å². The minimum Gasteiger partial charge on any atom is -0.365 e.